The smallest absolute Gasteiger partial charge is 0.0626 e. The van der Waals surface area contributed by atoms with Crippen LogP contribution in [0.25, 0.3) is 0 Å². The average Bonchev–Trinajstić information content (AvgIpc) is 3.16. The molecule has 0 aliphatic heterocycles. The van der Waals surface area contributed by atoms with E-state index < -0.39 is 5.54 Å². The number of aliphatic hydroxyl groups excluding tert-OH is 1. The molecule has 0 amide bonds. The van der Waals surface area contributed by atoms with Crippen LogP contribution in [0.2, 0.25) is 0 Å². The first-order chi connectivity index (χ1) is 8.16. The zero-order valence-corrected chi connectivity index (χ0v) is 11.0. The summed E-state index contributed by atoms with van der Waals surface area (Å²) in [5.41, 5.74) is 5.82. The number of nitrogens with two attached hydrogens (primary N) is 1. The van der Waals surface area contributed by atoms with Crippen molar-refractivity contribution in [2.45, 2.75) is 18.4 Å². The van der Waals surface area contributed by atoms with Crippen molar-refractivity contribution in [3.8, 4) is 0 Å². The summed E-state index contributed by atoms with van der Waals surface area (Å²) in [5, 5.41) is 9.48. The number of aliphatic hydroxyl groups is 1. The Morgan fingerprint density at radius 1 is 1.24 bits per heavy atom. The number of hydrogen-bond donors (Lipinski definition) is 2. The topological polar surface area (TPSA) is 68.0 Å². The zero-order chi connectivity index (χ0) is 12.7. The van der Waals surface area contributed by atoms with Crippen LogP contribution >= 0.6 is 0 Å². The maximum absolute atomic E-state index is 9.48. The van der Waals surface area contributed by atoms with E-state index >= 15 is 0 Å². The fourth-order valence-electron chi connectivity index (χ4n) is 2.09. The van der Waals surface area contributed by atoms with E-state index in [1.54, 1.807) is 14.2 Å². The van der Waals surface area contributed by atoms with Crippen molar-refractivity contribution in [1.82, 2.24) is 4.90 Å². The molecule has 1 fully saturated rings. The summed E-state index contributed by atoms with van der Waals surface area (Å²) in [4.78, 5) is 2.21. The van der Waals surface area contributed by atoms with E-state index in [-0.39, 0.29) is 6.61 Å². The fourth-order valence-corrected chi connectivity index (χ4v) is 2.09. The van der Waals surface area contributed by atoms with E-state index in [2.05, 4.69) is 4.90 Å². The minimum Gasteiger partial charge on any atom is -0.394 e. The SMILES string of the molecule is COCCN(CCOC)CC(N)(CO)C1CC1. The monoisotopic (exact) mass is 246 g/mol. The van der Waals surface area contributed by atoms with Crippen LogP contribution in [0.5, 0.6) is 0 Å². The summed E-state index contributed by atoms with van der Waals surface area (Å²) < 4.78 is 10.2. The van der Waals surface area contributed by atoms with E-state index in [0.29, 0.717) is 25.7 Å². The van der Waals surface area contributed by atoms with Gasteiger partial charge in [-0.25, -0.2) is 0 Å². The van der Waals surface area contributed by atoms with Crippen LogP contribution in [0.4, 0.5) is 0 Å². The molecule has 0 heterocycles. The lowest BCUT2D eigenvalue weighted by Crippen LogP contribution is -2.55. The maximum atomic E-state index is 9.48. The molecular formula is C12H26N2O3. The van der Waals surface area contributed by atoms with Crippen molar-refractivity contribution in [3.05, 3.63) is 0 Å². The lowest BCUT2D eigenvalue weighted by molar-refractivity contribution is 0.0749. The molecule has 0 aromatic heterocycles. The van der Waals surface area contributed by atoms with E-state index in [0.717, 1.165) is 25.9 Å². The molecule has 5 nitrogen and oxygen atoms in total. The highest BCUT2D eigenvalue weighted by Gasteiger charge is 2.42. The normalized spacial score (nSPS) is 19.6. The number of hydrogen-bond acceptors (Lipinski definition) is 5. The first-order valence-corrected chi connectivity index (χ1v) is 6.26. The van der Waals surface area contributed by atoms with E-state index in [1.807, 2.05) is 0 Å². The van der Waals surface area contributed by atoms with Gasteiger partial charge in [0, 0.05) is 33.9 Å². The fraction of sp³-hybridized carbons (Fsp3) is 1.00. The van der Waals surface area contributed by atoms with Gasteiger partial charge in [0.2, 0.25) is 0 Å². The predicted molar refractivity (Wildman–Crippen MR) is 66.9 cm³/mol. The second-order valence-electron chi connectivity index (χ2n) is 4.93. The predicted octanol–water partition coefficient (Wildman–Crippen LogP) is -0.319. The number of ether oxygens (including phenoxy) is 2. The summed E-state index contributed by atoms with van der Waals surface area (Å²) in [5.74, 6) is 0.472. The van der Waals surface area contributed by atoms with Gasteiger partial charge in [-0.15, -0.1) is 0 Å². The van der Waals surface area contributed by atoms with Gasteiger partial charge in [0.25, 0.3) is 0 Å². The Hall–Kier alpha value is -0.200. The average molecular weight is 246 g/mol. The molecule has 1 unspecified atom stereocenters. The first-order valence-electron chi connectivity index (χ1n) is 6.26. The Labute approximate surface area is 104 Å². The molecule has 102 valence electrons. The van der Waals surface area contributed by atoms with Crippen LogP contribution in [0.15, 0.2) is 0 Å². The van der Waals surface area contributed by atoms with Crippen LogP contribution < -0.4 is 5.73 Å². The van der Waals surface area contributed by atoms with Gasteiger partial charge in [-0.05, 0) is 18.8 Å². The number of methoxy groups -OCH3 is 2. The van der Waals surface area contributed by atoms with Crippen molar-refractivity contribution in [2.24, 2.45) is 11.7 Å². The van der Waals surface area contributed by atoms with E-state index in [4.69, 9.17) is 15.2 Å². The lowest BCUT2D eigenvalue weighted by Gasteiger charge is -2.34. The Morgan fingerprint density at radius 3 is 2.12 bits per heavy atom. The second-order valence-corrected chi connectivity index (χ2v) is 4.93. The first kappa shape index (κ1) is 14.9. The Balaban J connectivity index is 2.43. The highest BCUT2D eigenvalue weighted by molar-refractivity contribution is 5.00. The highest BCUT2D eigenvalue weighted by Crippen LogP contribution is 2.38. The Kier molecular flexibility index (Phi) is 6.37. The molecule has 5 heteroatoms. The van der Waals surface area contributed by atoms with E-state index in [1.165, 1.54) is 0 Å². The molecule has 17 heavy (non-hydrogen) atoms. The van der Waals surface area contributed by atoms with Gasteiger partial charge < -0.3 is 20.3 Å². The molecule has 0 aromatic carbocycles. The number of rotatable bonds is 10. The van der Waals surface area contributed by atoms with Crippen molar-refractivity contribution >= 4 is 0 Å². The summed E-state index contributed by atoms with van der Waals surface area (Å²) in [7, 11) is 3.38. The third-order valence-corrected chi connectivity index (χ3v) is 3.43. The zero-order valence-electron chi connectivity index (χ0n) is 11.0. The standard InChI is InChI=1S/C12H26N2O3/c1-16-7-5-14(6-8-17-2)9-12(13,10-15)11-3-4-11/h11,15H,3-10,13H2,1-2H3. The van der Waals surface area contributed by atoms with Gasteiger partial charge in [0.15, 0.2) is 0 Å². The third-order valence-electron chi connectivity index (χ3n) is 3.43. The van der Waals surface area contributed by atoms with Gasteiger partial charge in [-0.3, -0.25) is 4.90 Å². The Bertz CT molecular complexity index is 204. The molecule has 1 saturated carbocycles. The van der Waals surface area contributed by atoms with Crippen molar-refractivity contribution in [3.63, 3.8) is 0 Å². The largest absolute Gasteiger partial charge is 0.394 e. The van der Waals surface area contributed by atoms with Crippen LogP contribution in [0.3, 0.4) is 0 Å². The van der Waals surface area contributed by atoms with Crippen LogP contribution in [-0.2, 0) is 9.47 Å². The summed E-state index contributed by atoms with van der Waals surface area (Å²) in [6.45, 7) is 3.76. The molecule has 1 atom stereocenters. The second kappa shape index (κ2) is 7.28. The van der Waals surface area contributed by atoms with E-state index in [9.17, 15) is 5.11 Å². The third kappa shape index (κ3) is 4.89. The Morgan fingerprint density at radius 2 is 1.76 bits per heavy atom. The van der Waals surface area contributed by atoms with Crippen molar-refractivity contribution in [2.75, 3.05) is 53.7 Å². The molecule has 3 N–H and O–H groups in total. The molecule has 0 saturated heterocycles. The van der Waals surface area contributed by atoms with Crippen molar-refractivity contribution < 1.29 is 14.6 Å². The summed E-state index contributed by atoms with van der Waals surface area (Å²) in [6.07, 6.45) is 2.28. The molecule has 1 aliphatic rings. The molecule has 0 spiro atoms. The van der Waals surface area contributed by atoms with Gasteiger partial charge in [0.1, 0.15) is 0 Å². The maximum Gasteiger partial charge on any atom is 0.0626 e. The van der Waals surface area contributed by atoms with Crippen LogP contribution in [0, 0.1) is 5.92 Å². The molecule has 1 aliphatic carbocycles. The van der Waals surface area contributed by atoms with Gasteiger partial charge in [-0.2, -0.15) is 0 Å². The minimum absolute atomic E-state index is 0.0497. The summed E-state index contributed by atoms with van der Waals surface area (Å²) in [6, 6.07) is 0. The molecule has 0 aromatic rings. The molecular weight excluding hydrogens is 220 g/mol. The van der Waals surface area contributed by atoms with Crippen molar-refractivity contribution in [1.29, 1.82) is 0 Å². The quantitative estimate of drug-likeness (QED) is 0.553. The van der Waals surface area contributed by atoms with Gasteiger partial charge in [-0.1, -0.05) is 0 Å². The minimum atomic E-state index is -0.457. The number of nitrogens with zero attached hydrogens (tertiary/aromatic N) is 1. The summed E-state index contributed by atoms with van der Waals surface area (Å²) >= 11 is 0. The highest BCUT2D eigenvalue weighted by atomic mass is 16.5. The van der Waals surface area contributed by atoms with Gasteiger partial charge >= 0.3 is 0 Å². The van der Waals surface area contributed by atoms with Gasteiger partial charge in [0.05, 0.1) is 25.4 Å². The molecule has 1 rings (SSSR count). The van der Waals surface area contributed by atoms with Crippen LogP contribution in [-0.4, -0.2) is 69.2 Å². The lowest BCUT2D eigenvalue weighted by atomic mass is 9.95. The molecule has 0 radical (unpaired) electrons. The molecule has 0 bridgehead atoms. The van der Waals surface area contributed by atoms with Crippen LogP contribution in [0.1, 0.15) is 12.8 Å².